The molecule has 4 aromatic rings. The Kier molecular flexibility index (Phi) is 6.06. The second-order valence-corrected chi connectivity index (χ2v) is 9.61. The molecule has 2 N–H and O–H groups in total. The average Bonchev–Trinajstić information content (AvgIpc) is 3.25. The SMILES string of the molecule is Cc1cc(OCC(=O)Nc2ccc(S(=O)(=O)Nc3nccs3)cc2)c2cccc(C)c2n1. The summed E-state index contributed by atoms with van der Waals surface area (Å²) >= 11 is 1.19. The zero-order chi connectivity index (χ0) is 22.7. The first kappa shape index (κ1) is 21.7. The second kappa shape index (κ2) is 8.93. The van der Waals surface area contributed by atoms with Crippen LogP contribution in [0.5, 0.6) is 5.75 Å². The number of hydrogen-bond acceptors (Lipinski definition) is 7. The van der Waals surface area contributed by atoms with Crippen LogP contribution in [-0.2, 0) is 14.8 Å². The Bertz CT molecular complexity index is 1370. The van der Waals surface area contributed by atoms with Crippen molar-refractivity contribution in [2.75, 3.05) is 16.6 Å². The van der Waals surface area contributed by atoms with Crippen LogP contribution in [0.25, 0.3) is 10.9 Å². The first-order valence-corrected chi connectivity index (χ1v) is 12.0. The van der Waals surface area contributed by atoms with Gasteiger partial charge in [-0.3, -0.25) is 14.5 Å². The van der Waals surface area contributed by atoms with Gasteiger partial charge < -0.3 is 10.1 Å². The lowest BCUT2D eigenvalue weighted by Gasteiger charge is -2.12. The van der Waals surface area contributed by atoms with Crippen molar-refractivity contribution in [3.05, 3.63) is 71.4 Å². The number of pyridine rings is 1. The van der Waals surface area contributed by atoms with Gasteiger partial charge in [0.25, 0.3) is 15.9 Å². The van der Waals surface area contributed by atoms with Gasteiger partial charge in [0.15, 0.2) is 11.7 Å². The number of aromatic nitrogens is 2. The number of benzene rings is 2. The maximum atomic E-state index is 12.4. The number of nitrogens with one attached hydrogen (secondary N) is 2. The maximum Gasteiger partial charge on any atom is 0.263 e. The topological polar surface area (TPSA) is 110 Å². The normalized spacial score (nSPS) is 11.3. The summed E-state index contributed by atoms with van der Waals surface area (Å²) < 4.78 is 33.0. The van der Waals surface area contributed by atoms with Crippen molar-refractivity contribution < 1.29 is 17.9 Å². The van der Waals surface area contributed by atoms with Gasteiger partial charge in [-0.25, -0.2) is 13.4 Å². The molecule has 0 aliphatic rings. The van der Waals surface area contributed by atoms with Crippen LogP contribution in [0.2, 0.25) is 0 Å². The summed E-state index contributed by atoms with van der Waals surface area (Å²) in [7, 11) is -3.75. The number of para-hydroxylation sites is 1. The Labute approximate surface area is 189 Å². The van der Waals surface area contributed by atoms with Gasteiger partial charge in [-0.1, -0.05) is 12.1 Å². The van der Waals surface area contributed by atoms with E-state index in [1.165, 1.54) is 41.8 Å². The largest absolute Gasteiger partial charge is 0.483 e. The number of carbonyl (C=O) groups excluding carboxylic acids is 1. The minimum absolute atomic E-state index is 0.0658. The highest BCUT2D eigenvalue weighted by atomic mass is 32.2. The molecule has 164 valence electrons. The number of rotatable bonds is 7. The van der Waals surface area contributed by atoms with Crippen LogP contribution in [0.1, 0.15) is 11.3 Å². The molecular weight excluding hydrogens is 448 g/mol. The molecule has 4 rings (SSSR count). The minimum Gasteiger partial charge on any atom is -0.483 e. The summed E-state index contributed by atoms with van der Waals surface area (Å²) in [4.78, 5) is 20.9. The molecule has 0 saturated heterocycles. The van der Waals surface area contributed by atoms with Gasteiger partial charge in [-0.2, -0.15) is 0 Å². The molecular formula is C22H20N4O4S2. The molecule has 0 fully saturated rings. The van der Waals surface area contributed by atoms with E-state index in [9.17, 15) is 13.2 Å². The predicted octanol–water partition coefficient (Wildman–Crippen LogP) is 4.13. The van der Waals surface area contributed by atoms with Crippen molar-refractivity contribution >= 4 is 49.0 Å². The Morgan fingerprint density at radius 1 is 1.12 bits per heavy atom. The van der Waals surface area contributed by atoms with Crippen molar-refractivity contribution in [3.8, 4) is 5.75 Å². The van der Waals surface area contributed by atoms with Gasteiger partial charge >= 0.3 is 0 Å². The molecule has 0 aliphatic heterocycles. The van der Waals surface area contributed by atoms with E-state index in [1.54, 1.807) is 11.4 Å². The molecule has 32 heavy (non-hydrogen) atoms. The molecule has 1 amide bonds. The molecule has 0 radical (unpaired) electrons. The Morgan fingerprint density at radius 2 is 1.91 bits per heavy atom. The molecule has 10 heteroatoms. The quantitative estimate of drug-likeness (QED) is 0.422. The first-order valence-electron chi connectivity index (χ1n) is 9.64. The fourth-order valence-corrected chi connectivity index (χ4v) is 4.90. The van der Waals surface area contributed by atoms with E-state index in [0.29, 0.717) is 11.4 Å². The van der Waals surface area contributed by atoms with Crippen molar-refractivity contribution in [2.45, 2.75) is 18.7 Å². The van der Waals surface area contributed by atoms with Gasteiger partial charge in [0, 0.05) is 34.4 Å². The number of nitrogens with zero attached hydrogens (tertiary/aromatic N) is 2. The third-order valence-corrected chi connectivity index (χ3v) is 6.77. The lowest BCUT2D eigenvalue weighted by molar-refractivity contribution is -0.118. The van der Waals surface area contributed by atoms with Crippen LogP contribution in [0, 0.1) is 13.8 Å². The van der Waals surface area contributed by atoms with Crippen LogP contribution in [0.15, 0.2) is 65.0 Å². The number of carbonyl (C=O) groups is 1. The van der Waals surface area contributed by atoms with E-state index in [2.05, 4.69) is 20.0 Å². The number of fused-ring (bicyclic) bond motifs is 1. The molecule has 8 nitrogen and oxygen atoms in total. The third-order valence-electron chi connectivity index (χ3n) is 4.59. The Morgan fingerprint density at radius 3 is 2.62 bits per heavy atom. The van der Waals surface area contributed by atoms with E-state index >= 15 is 0 Å². The smallest absolute Gasteiger partial charge is 0.263 e. The molecule has 0 bridgehead atoms. The van der Waals surface area contributed by atoms with Crippen LogP contribution in [0.4, 0.5) is 10.8 Å². The molecule has 0 spiro atoms. The monoisotopic (exact) mass is 468 g/mol. The molecule has 0 unspecified atom stereocenters. The number of anilines is 2. The summed E-state index contributed by atoms with van der Waals surface area (Å²) in [5.41, 5.74) is 3.12. The number of ether oxygens (including phenoxy) is 1. The lowest BCUT2D eigenvalue weighted by Crippen LogP contribution is -2.20. The van der Waals surface area contributed by atoms with Crippen LogP contribution in [0.3, 0.4) is 0 Å². The summed E-state index contributed by atoms with van der Waals surface area (Å²) in [5, 5.41) is 5.51. The van der Waals surface area contributed by atoms with E-state index in [1.807, 2.05) is 32.0 Å². The standard InChI is InChI=1S/C22H20N4O4S2/c1-14-4-3-5-18-19(12-15(2)24-21(14)18)30-13-20(27)25-16-6-8-17(9-7-16)32(28,29)26-22-23-10-11-31-22/h3-12H,13H2,1-2H3,(H,23,26)(H,25,27). The average molecular weight is 469 g/mol. The summed E-state index contributed by atoms with van der Waals surface area (Å²) in [6.45, 7) is 3.65. The first-order chi connectivity index (χ1) is 15.3. The summed E-state index contributed by atoms with van der Waals surface area (Å²) in [6.07, 6.45) is 1.51. The summed E-state index contributed by atoms with van der Waals surface area (Å²) in [5.74, 6) is 0.220. The van der Waals surface area contributed by atoms with E-state index < -0.39 is 10.0 Å². The molecule has 0 saturated carbocycles. The van der Waals surface area contributed by atoms with E-state index in [-0.39, 0.29) is 22.5 Å². The third kappa shape index (κ3) is 4.87. The second-order valence-electron chi connectivity index (χ2n) is 7.04. The van der Waals surface area contributed by atoms with Crippen molar-refractivity contribution in [1.82, 2.24) is 9.97 Å². The fraction of sp³-hybridized carbons (Fsp3) is 0.136. The van der Waals surface area contributed by atoms with Gasteiger partial charge in [0.2, 0.25) is 0 Å². The van der Waals surface area contributed by atoms with Crippen molar-refractivity contribution in [2.24, 2.45) is 0 Å². The van der Waals surface area contributed by atoms with Gasteiger partial charge in [-0.15, -0.1) is 11.3 Å². The van der Waals surface area contributed by atoms with Gasteiger partial charge in [0.1, 0.15) is 5.75 Å². The Balaban J connectivity index is 1.41. The zero-order valence-corrected chi connectivity index (χ0v) is 19.0. The molecule has 0 aliphatic carbocycles. The van der Waals surface area contributed by atoms with Gasteiger partial charge in [0.05, 0.1) is 10.4 Å². The fourth-order valence-electron chi connectivity index (χ4n) is 3.11. The zero-order valence-electron chi connectivity index (χ0n) is 17.3. The van der Waals surface area contributed by atoms with Crippen LogP contribution in [-0.4, -0.2) is 30.9 Å². The van der Waals surface area contributed by atoms with Crippen LogP contribution >= 0.6 is 11.3 Å². The van der Waals surface area contributed by atoms with E-state index in [4.69, 9.17) is 4.74 Å². The van der Waals surface area contributed by atoms with Gasteiger partial charge in [-0.05, 0) is 49.7 Å². The molecule has 2 heterocycles. The number of thiazole rings is 1. The maximum absolute atomic E-state index is 12.4. The number of hydrogen-bond donors (Lipinski definition) is 2. The lowest BCUT2D eigenvalue weighted by atomic mass is 10.1. The highest BCUT2D eigenvalue weighted by molar-refractivity contribution is 7.93. The Hall–Kier alpha value is -3.50. The number of amides is 1. The highest BCUT2D eigenvalue weighted by Gasteiger charge is 2.16. The number of sulfonamides is 1. The van der Waals surface area contributed by atoms with Crippen LogP contribution < -0.4 is 14.8 Å². The van der Waals surface area contributed by atoms with E-state index in [0.717, 1.165) is 22.2 Å². The highest BCUT2D eigenvalue weighted by Crippen LogP contribution is 2.27. The van der Waals surface area contributed by atoms with Crippen molar-refractivity contribution in [3.63, 3.8) is 0 Å². The predicted molar refractivity (Wildman–Crippen MR) is 125 cm³/mol. The van der Waals surface area contributed by atoms with Crippen molar-refractivity contribution in [1.29, 1.82) is 0 Å². The molecule has 2 aromatic carbocycles. The molecule has 2 aromatic heterocycles. The minimum atomic E-state index is -3.75. The molecule has 0 atom stereocenters. The number of aryl methyl sites for hydroxylation is 2. The summed E-state index contributed by atoms with van der Waals surface area (Å²) in [6, 6.07) is 13.4.